The van der Waals surface area contributed by atoms with Gasteiger partial charge in [0.1, 0.15) is 0 Å². The average molecular weight is 295 g/mol. The van der Waals surface area contributed by atoms with Crippen molar-refractivity contribution in [3.63, 3.8) is 0 Å². The van der Waals surface area contributed by atoms with E-state index < -0.39 is 9.84 Å². The molecular formula is C16H25NO2S. The van der Waals surface area contributed by atoms with Crippen LogP contribution in [0.1, 0.15) is 51.1 Å². The predicted molar refractivity (Wildman–Crippen MR) is 82.5 cm³/mol. The molecule has 1 atom stereocenters. The normalized spacial score (nSPS) is 18.8. The molecule has 1 aliphatic carbocycles. The van der Waals surface area contributed by atoms with E-state index in [4.69, 9.17) is 0 Å². The summed E-state index contributed by atoms with van der Waals surface area (Å²) in [5.74, 6) is 0. The van der Waals surface area contributed by atoms with Crippen molar-refractivity contribution < 1.29 is 8.42 Å². The summed E-state index contributed by atoms with van der Waals surface area (Å²) in [4.78, 5) is 0.387. The van der Waals surface area contributed by atoms with Crippen LogP contribution in [0.3, 0.4) is 0 Å². The molecule has 20 heavy (non-hydrogen) atoms. The van der Waals surface area contributed by atoms with Gasteiger partial charge in [-0.05, 0) is 49.3 Å². The van der Waals surface area contributed by atoms with Gasteiger partial charge in [-0.25, -0.2) is 8.42 Å². The van der Waals surface area contributed by atoms with Crippen molar-refractivity contribution in [2.24, 2.45) is 5.41 Å². The zero-order chi connectivity index (χ0) is 14.8. The summed E-state index contributed by atoms with van der Waals surface area (Å²) in [5, 5.41) is 3.60. The number of benzene rings is 1. The molecule has 1 aliphatic rings. The predicted octanol–water partition coefficient (Wildman–Crippen LogP) is 3.32. The standard InChI is InChI=1S/C16H25NO2S/c1-4-9-16(10-11-16)12-17-13(2)14-5-7-15(8-6-14)20(3,18)19/h5-8,13,17H,4,9-12H2,1-3H3. The number of hydrogen-bond donors (Lipinski definition) is 1. The van der Waals surface area contributed by atoms with Crippen molar-refractivity contribution in [2.45, 2.75) is 50.5 Å². The summed E-state index contributed by atoms with van der Waals surface area (Å²) in [6, 6.07) is 7.47. The first-order valence-corrected chi connectivity index (χ1v) is 9.29. The van der Waals surface area contributed by atoms with E-state index in [2.05, 4.69) is 19.2 Å². The second-order valence-electron chi connectivity index (χ2n) is 6.19. The highest BCUT2D eigenvalue weighted by atomic mass is 32.2. The largest absolute Gasteiger partial charge is 0.310 e. The highest BCUT2D eigenvalue weighted by Gasteiger charge is 2.41. The number of hydrogen-bond acceptors (Lipinski definition) is 3. The first kappa shape index (κ1) is 15.5. The van der Waals surface area contributed by atoms with Crippen molar-refractivity contribution in [1.82, 2.24) is 5.32 Å². The van der Waals surface area contributed by atoms with E-state index in [0.29, 0.717) is 10.3 Å². The molecular weight excluding hydrogens is 270 g/mol. The van der Waals surface area contributed by atoms with Crippen molar-refractivity contribution in [3.8, 4) is 0 Å². The lowest BCUT2D eigenvalue weighted by Crippen LogP contribution is -2.26. The highest BCUT2D eigenvalue weighted by molar-refractivity contribution is 7.90. The summed E-state index contributed by atoms with van der Waals surface area (Å²) in [5.41, 5.74) is 1.68. The Bertz CT molecular complexity index is 544. The zero-order valence-corrected chi connectivity index (χ0v) is 13.5. The molecule has 3 nitrogen and oxygen atoms in total. The van der Waals surface area contributed by atoms with Gasteiger partial charge in [-0.3, -0.25) is 0 Å². The summed E-state index contributed by atoms with van der Waals surface area (Å²) in [6.07, 6.45) is 6.48. The molecule has 1 N–H and O–H groups in total. The Balaban J connectivity index is 1.94. The topological polar surface area (TPSA) is 46.2 Å². The second-order valence-corrected chi connectivity index (χ2v) is 8.21. The Hall–Kier alpha value is -0.870. The molecule has 2 rings (SSSR count). The van der Waals surface area contributed by atoms with Crippen LogP contribution in [0.5, 0.6) is 0 Å². The summed E-state index contributed by atoms with van der Waals surface area (Å²) < 4.78 is 22.9. The van der Waals surface area contributed by atoms with Gasteiger partial charge < -0.3 is 5.32 Å². The van der Waals surface area contributed by atoms with Gasteiger partial charge in [0.2, 0.25) is 0 Å². The van der Waals surface area contributed by atoms with Crippen LogP contribution in [0, 0.1) is 5.41 Å². The maximum Gasteiger partial charge on any atom is 0.175 e. The quantitative estimate of drug-likeness (QED) is 0.839. The lowest BCUT2D eigenvalue weighted by atomic mass is 9.99. The van der Waals surface area contributed by atoms with Gasteiger partial charge in [0, 0.05) is 18.8 Å². The van der Waals surface area contributed by atoms with Gasteiger partial charge in [0.15, 0.2) is 9.84 Å². The van der Waals surface area contributed by atoms with Crippen molar-refractivity contribution in [3.05, 3.63) is 29.8 Å². The monoisotopic (exact) mass is 295 g/mol. The average Bonchev–Trinajstić information content (AvgIpc) is 3.16. The molecule has 0 heterocycles. The first-order chi connectivity index (χ1) is 9.36. The third-order valence-corrected chi connectivity index (χ3v) is 5.46. The Labute approximate surface area is 122 Å². The molecule has 0 aromatic heterocycles. The fraction of sp³-hybridized carbons (Fsp3) is 0.625. The molecule has 0 saturated heterocycles. The van der Waals surface area contributed by atoms with Crippen LogP contribution >= 0.6 is 0 Å². The van der Waals surface area contributed by atoms with Crippen LogP contribution < -0.4 is 5.32 Å². The van der Waals surface area contributed by atoms with Gasteiger partial charge in [-0.1, -0.05) is 25.5 Å². The van der Waals surface area contributed by atoms with Gasteiger partial charge in [0.05, 0.1) is 4.90 Å². The number of sulfone groups is 1. The molecule has 1 saturated carbocycles. The fourth-order valence-electron chi connectivity index (χ4n) is 2.71. The first-order valence-electron chi connectivity index (χ1n) is 7.40. The van der Waals surface area contributed by atoms with Gasteiger partial charge in [-0.15, -0.1) is 0 Å². The van der Waals surface area contributed by atoms with E-state index >= 15 is 0 Å². The molecule has 0 aliphatic heterocycles. The Morgan fingerprint density at radius 2 is 1.85 bits per heavy atom. The van der Waals surface area contributed by atoms with E-state index in [1.807, 2.05) is 12.1 Å². The van der Waals surface area contributed by atoms with Gasteiger partial charge >= 0.3 is 0 Å². The van der Waals surface area contributed by atoms with Gasteiger partial charge in [-0.2, -0.15) is 0 Å². The second kappa shape index (κ2) is 5.86. The summed E-state index contributed by atoms with van der Waals surface area (Å²) >= 11 is 0. The maximum atomic E-state index is 11.4. The smallest absolute Gasteiger partial charge is 0.175 e. The fourth-order valence-corrected chi connectivity index (χ4v) is 3.34. The minimum absolute atomic E-state index is 0.262. The van der Waals surface area contributed by atoms with Crippen molar-refractivity contribution in [2.75, 3.05) is 12.8 Å². The van der Waals surface area contributed by atoms with E-state index in [0.717, 1.165) is 12.1 Å². The minimum atomic E-state index is -3.10. The molecule has 1 unspecified atom stereocenters. The van der Waals surface area contributed by atoms with E-state index in [-0.39, 0.29) is 6.04 Å². The molecule has 112 valence electrons. The summed E-state index contributed by atoms with van der Waals surface area (Å²) in [7, 11) is -3.10. The highest BCUT2D eigenvalue weighted by Crippen LogP contribution is 2.49. The van der Waals surface area contributed by atoms with Gasteiger partial charge in [0.25, 0.3) is 0 Å². The minimum Gasteiger partial charge on any atom is -0.310 e. The van der Waals surface area contributed by atoms with Crippen LogP contribution in [0.15, 0.2) is 29.2 Å². The SMILES string of the molecule is CCCC1(CNC(C)c2ccc(S(C)(=O)=O)cc2)CC1. The molecule has 0 radical (unpaired) electrons. The molecule has 0 amide bonds. The van der Waals surface area contributed by atoms with Crippen LogP contribution in [0.25, 0.3) is 0 Å². The number of nitrogens with one attached hydrogen (secondary N) is 1. The van der Waals surface area contributed by atoms with E-state index in [9.17, 15) is 8.42 Å². The molecule has 1 aromatic carbocycles. The Morgan fingerprint density at radius 1 is 1.25 bits per heavy atom. The summed E-state index contributed by atoms with van der Waals surface area (Å²) in [6.45, 7) is 5.45. The Morgan fingerprint density at radius 3 is 2.30 bits per heavy atom. The number of rotatable bonds is 7. The van der Waals surface area contributed by atoms with E-state index in [1.165, 1.54) is 31.9 Å². The molecule has 1 aromatic rings. The molecule has 0 bridgehead atoms. The molecule has 0 spiro atoms. The van der Waals surface area contributed by atoms with Crippen LogP contribution in [0.4, 0.5) is 0 Å². The van der Waals surface area contributed by atoms with Crippen LogP contribution in [-0.4, -0.2) is 21.2 Å². The molecule has 4 heteroatoms. The zero-order valence-electron chi connectivity index (χ0n) is 12.6. The Kier molecular flexibility index (Phi) is 4.55. The lowest BCUT2D eigenvalue weighted by molar-refractivity contribution is 0.397. The third kappa shape index (κ3) is 3.83. The lowest BCUT2D eigenvalue weighted by Gasteiger charge is -2.20. The van der Waals surface area contributed by atoms with E-state index in [1.54, 1.807) is 12.1 Å². The molecule has 1 fully saturated rings. The van der Waals surface area contributed by atoms with Crippen LogP contribution in [0.2, 0.25) is 0 Å². The van der Waals surface area contributed by atoms with Crippen LogP contribution in [-0.2, 0) is 9.84 Å². The van der Waals surface area contributed by atoms with Crippen molar-refractivity contribution >= 4 is 9.84 Å². The van der Waals surface area contributed by atoms with Crippen molar-refractivity contribution in [1.29, 1.82) is 0 Å². The maximum absolute atomic E-state index is 11.4. The third-order valence-electron chi connectivity index (χ3n) is 4.33.